The molecule has 0 fully saturated rings. The number of hydrogen-bond acceptors (Lipinski definition) is 7. The van der Waals surface area contributed by atoms with E-state index in [9.17, 15) is 9.59 Å². The van der Waals surface area contributed by atoms with Crippen LogP contribution in [-0.4, -0.2) is 29.9 Å². The van der Waals surface area contributed by atoms with Crippen molar-refractivity contribution in [3.05, 3.63) is 89.0 Å². The first kappa shape index (κ1) is 26.9. The Morgan fingerprint density at radius 3 is 2.62 bits per heavy atom. The van der Waals surface area contributed by atoms with Crippen LogP contribution in [0.25, 0.3) is 6.08 Å². The van der Waals surface area contributed by atoms with Crippen LogP contribution in [0.15, 0.2) is 68.0 Å². The van der Waals surface area contributed by atoms with E-state index < -0.39 is 12.0 Å². The van der Waals surface area contributed by atoms with Gasteiger partial charge in [-0.2, -0.15) is 0 Å². The SMILES string of the molecule is CCOC(=O)C1=C(C)N=c2s/c(=C/c3cc(Br)ccc3OCC)c(=O)n2[C@H]1c1ccccc1OC(C)C. The molecule has 0 saturated heterocycles. The molecular weight excluding hydrogens is 556 g/mol. The number of carbonyl (C=O) groups excluding carboxylic acids is 1. The first-order chi connectivity index (χ1) is 17.7. The van der Waals surface area contributed by atoms with Crippen LogP contribution < -0.4 is 24.4 Å². The van der Waals surface area contributed by atoms with E-state index in [1.54, 1.807) is 24.5 Å². The fraction of sp³-hybridized carbons (Fsp3) is 0.321. The Balaban J connectivity index is 1.99. The number of benzene rings is 2. The van der Waals surface area contributed by atoms with Crippen molar-refractivity contribution in [1.29, 1.82) is 0 Å². The van der Waals surface area contributed by atoms with Gasteiger partial charge in [-0.15, -0.1) is 0 Å². The highest BCUT2D eigenvalue weighted by molar-refractivity contribution is 9.10. The molecule has 1 atom stereocenters. The van der Waals surface area contributed by atoms with E-state index in [2.05, 4.69) is 20.9 Å². The number of rotatable bonds is 8. The Morgan fingerprint density at radius 1 is 1.16 bits per heavy atom. The third kappa shape index (κ3) is 5.57. The molecule has 1 aromatic heterocycles. The maximum atomic E-state index is 13.9. The molecule has 1 aliphatic rings. The Morgan fingerprint density at radius 2 is 1.92 bits per heavy atom. The average Bonchev–Trinajstić information content (AvgIpc) is 3.14. The van der Waals surface area contributed by atoms with Crippen molar-refractivity contribution < 1.29 is 19.0 Å². The normalized spacial score (nSPS) is 15.4. The monoisotopic (exact) mass is 584 g/mol. The summed E-state index contributed by atoms with van der Waals surface area (Å²) in [6.45, 7) is 10.0. The van der Waals surface area contributed by atoms with E-state index in [1.165, 1.54) is 11.3 Å². The average molecular weight is 586 g/mol. The first-order valence-corrected chi connectivity index (χ1v) is 13.7. The molecule has 3 aromatic rings. The van der Waals surface area contributed by atoms with E-state index >= 15 is 0 Å². The second-order valence-electron chi connectivity index (χ2n) is 8.62. The molecule has 9 heteroatoms. The zero-order valence-electron chi connectivity index (χ0n) is 21.4. The summed E-state index contributed by atoms with van der Waals surface area (Å²) in [5, 5.41) is 0. The molecule has 194 valence electrons. The minimum atomic E-state index is -0.749. The zero-order valence-corrected chi connectivity index (χ0v) is 23.8. The highest BCUT2D eigenvalue weighted by atomic mass is 79.9. The molecule has 2 heterocycles. The predicted molar refractivity (Wildman–Crippen MR) is 148 cm³/mol. The Bertz CT molecular complexity index is 1540. The van der Waals surface area contributed by atoms with E-state index in [0.717, 1.165) is 10.0 Å². The van der Waals surface area contributed by atoms with Crippen molar-refractivity contribution in [2.45, 2.75) is 46.8 Å². The number of thiazole rings is 1. The number of carbonyl (C=O) groups is 1. The van der Waals surface area contributed by atoms with Gasteiger partial charge in [0.25, 0.3) is 5.56 Å². The zero-order chi connectivity index (χ0) is 26.7. The van der Waals surface area contributed by atoms with E-state index in [-0.39, 0.29) is 18.3 Å². The molecular formula is C28H29BrN2O5S. The molecule has 0 amide bonds. The van der Waals surface area contributed by atoms with Gasteiger partial charge in [0.15, 0.2) is 4.80 Å². The largest absolute Gasteiger partial charge is 0.493 e. The lowest BCUT2D eigenvalue weighted by molar-refractivity contribution is -0.139. The lowest BCUT2D eigenvalue weighted by Crippen LogP contribution is -2.40. The summed E-state index contributed by atoms with van der Waals surface area (Å²) < 4.78 is 20.2. The number of fused-ring (bicyclic) bond motifs is 1. The first-order valence-electron chi connectivity index (χ1n) is 12.1. The highest BCUT2D eigenvalue weighted by Crippen LogP contribution is 2.36. The molecule has 1 aliphatic heterocycles. The molecule has 37 heavy (non-hydrogen) atoms. The van der Waals surface area contributed by atoms with Crippen molar-refractivity contribution in [1.82, 2.24) is 4.57 Å². The number of nitrogens with zero attached hydrogens (tertiary/aromatic N) is 2. The summed E-state index contributed by atoms with van der Waals surface area (Å²) in [6.07, 6.45) is 1.71. The molecule has 0 saturated carbocycles. The van der Waals surface area contributed by atoms with Crippen LogP contribution in [0.3, 0.4) is 0 Å². The molecule has 0 aliphatic carbocycles. The number of esters is 1. The van der Waals surface area contributed by atoms with Gasteiger partial charge in [-0.3, -0.25) is 9.36 Å². The van der Waals surface area contributed by atoms with Gasteiger partial charge >= 0.3 is 5.97 Å². The van der Waals surface area contributed by atoms with Crippen LogP contribution in [0.1, 0.15) is 51.8 Å². The van der Waals surface area contributed by atoms with Crippen molar-refractivity contribution in [3.63, 3.8) is 0 Å². The van der Waals surface area contributed by atoms with Crippen LogP contribution in [0.4, 0.5) is 0 Å². The van der Waals surface area contributed by atoms with E-state index in [1.807, 2.05) is 63.2 Å². The topological polar surface area (TPSA) is 79.1 Å². The summed E-state index contributed by atoms with van der Waals surface area (Å²) in [5.74, 6) is 0.763. The van der Waals surface area contributed by atoms with Crippen LogP contribution in [-0.2, 0) is 9.53 Å². The smallest absolute Gasteiger partial charge is 0.338 e. The van der Waals surface area contributed by atoms with Crippen molar-refractivity contribution >= 4 is 39.3 Å². The van der Waals surface area contributed by atoms with Gasteiger partial charge in [0.1, 0.15) is 17.5 Å². The fourth-order valence-electron chi connectivity index (χ4n) is 4.21. The van der Waals surface area contributed by atoms with Gasteiger partial charge in [0, 0.05) is 15.6 Å². The minimum Gasteiger partial charge on any atom is -0.493 e. The molecule has 4 rings (SSSR count). The number of ether oxygens (including phenoxy) is 3. The van der Waals surface area contributed by atoms with Gasteiger partial charge in [-0.05, 0) is 65.0 Å². The summed E-state index contributed by atoms with van der Waals surface area (Å²) in [6, 6.07) is 12.4. The van der Waals surface area contributed by atoms with Crippen LogP contribution in [0.2, 0.25) is 0 Å². The maximum Gasteiger partial charge on any atom is 0.338 e. The molecule has 7 nitrogen and oxygen atoms in total. The summed E-state index contributed by atoms with van der Waals surface area (Å²) >= 11 is 4.77. The molecule has 0 N–H and O–H groups in total. The highest BCUT2D eigenvalue weighted by Gasteiger charge is 2.35. The number of para-hydroxylation sites is 1. The summed E-state index contributed by atoms with van der Waals surface area (Å²) in [7, 11) is 0. The minimum absolute atomic E-state index is 0.0957. The molecule has 2 aromatic carbocycles. The van der Waals surface area contributed by atoms with Gasteiger partial charge in [-0.1, -0.05) is 45.5 Å². The van der Waals surface area contributed by atoms with Gasteiger partial charge in [-0.25, -0.2) is 9.79 Å². The van der Waals surface area contributed by atoms with Crippen molar-refractivity contribution in [3.8, 4) is 11.5 Å². The van der Waals surface area contributed by atoms with Crippen molar-refractivity contribution in [2.75, 3.05) is 13.2 Å². The Kier molecular flexibility index (Phi) is 8.34. The third-order valence-corrected chi connectivity index (χ3v) is 7.13. The Labute approximate surface area is 227 Å². The Hall–Kier alpha value is -3.17. The third-order valence-electron chi connectivity index (χ3n) is 5.65. The van der Waals surface area contributed by atoms with Gasteiger partial charge in [0.05, 0.1) is 35.1 Å². The van der Waals surface area contributed by atoms with E-state index in [4.69, 9.17) is 14.2 Å². The second kappa shape index (κ2) is 11.5. The van der Waals surface area contributed by atoms with Crippen LogP contribution in [0.5, 0.6) is 11.5 Å². The van der Waals surface area contributed by atoms with Crippen LogP contribution >= 0.6 is 27.3 Å². The predicted octanol–water partition coefficient (Wildman–Crippen LogP) is 4.75. The summed E-state index contributed by atoms with van der Waals surface area (Å²) in [5.41, 5.74) is 2.03. The van der Waals surface area contributed by atoms with Crippen LogP contribution in [0, 0.1) is 0 Å². The summed E-state index contributed by atoms with van der Waals surface area (Å²) in [4.78, 5) is 32.3. The van der Waals surface area contributed by atoms with E-state index in [0.29, 0.717) is 44.3 Å². The molecule has 0 radical (unpaired) electrons. The molecule has 0 unspecified atom stereocenters. The number of hydrogen-bond donors (Lipinski definition) is 0. The quantitative estimate of drug-likeness (QED) is 0.357. The lowest BCUT2D eigenvalue weighted by Gasteiger charge is -2.26. The number of aromatic nitrogens is 1. The van der Waals surface area contributed by atoms with Gasteiger partial charge < -0.3 is 14.2 Å². The number of allylic oxidation sites excluding steroid dienone is 1. The lowest BCUT2D eigenvalue weighted by atomic mass is 9.95. The van der Waals surface area contributed by atoms with Crippen molar-refractivity contribution in [2.24, 2.45) is 4.99 Å². The fourth-order valence-corrected chi connectivity index (χ4v) is 5.63. The second-order valence-corrected chi connectivity index (χ2v) is 10.5. The number of halogens is 1. The molecule has 0 bridgehead atoms. The molecule has 0 spiro atoms. The van der Waals surface area contributed by atoms with Gasteiger partial charge in [0.2, 0.25) is 0 Å². The maximum absolute atomic E-state index is 13.9. The standard InChI is InChI=1S/C28H29BrN2O5S/c1-6-34-21-13-12-19(29)14-18(21)15-23-26(32)31-25(20-10-8-9-11-22(20)36-16(3)4)24(27(33)35-7-2)17(5)30-28(31)37-23/h8-16,25H,6-7H2,1-5H3/b23-15+/t25-/m0/s1.